The summed E-state index contributed by atoms with van der Waals surface area (Å²) in [4.78, 5) is 12.1. The third kappa shape index (κ3) is 3.95. The first-order valence-corrected chi connectivity index (χ1v) is 7.05. The van der Waals surface area contributed by atoms with Crippen molar-refractivity contribution in [3.05, 3.63) is 29.8 Å². The lowest BCUT2D eigenvalue weighted by molar-refractivity contribution is -0.129. The number of ether oxygens (including phenoxy) is 2. The quantitative estimate of drug-likeness (QED) is 0.846. The molecule has 0 unspecified atom stereocenters. The summed E-state index contributed by atoms with van der Waals surface area (Å²) in [6.07, 6.45) is -0.0986. The van der Waals surface area contributed by atoms with Gasteiger partial charge in [0.25, 0.3) is 0 Å². The number of benzene rings is 1. The zero-order valence-electron chi connectivity index (χ0n) is 12.0. The molecule has 1 amide bonds. The number of amides is 1. The summed E-state index contributed by atoms with van der Waals surface area (Å²) >= 11 is 0. The van der Waals surface area contributed by atoms with Gasteiger partial charge in [0.05, 0.1) is 19.3 Å². The molecule has 0 saturated carbocycles. The lowest BCUT2D eigenvalue weighted by Gasteiger charge is -2.29. The standard InChI is InChI=1S/C15H22N2O3/c1-3-19-13-6-4-5-12(9-13)10-17-15(18)14-11(2)20-8-7-16-14/h4-6,9,11,14,16H,3,7-8,10H2,1-2H3,(H,17,18)/t11-,14+/m1/s1. The molecule has 0 bridgehead atoms. The minimum atomic E-state index is -0.279. The van der Waals surface area contributed by atoms with Gasteiger partial charge >= 0.3 is 0 Å². The Hall–Kier alpha value is -1.59. The molecule has 1 saturated heterocycles. The van der Waals surface area contributed by atoms with Crippen molar-refractivity contribution in [2.75, 3.05) is 19.8 Å². The summed E-state index contributed by atoms with van der Waals surface area (Å²) in [7, 11) is 0. The Labute approximate surface area is 119 Å². The molecule has 20 heavy (non-hydrogen) atoms. The van der Waals surface area contributed by atoms with Crippen LogP contribution in [0.2, 0.25) is 0 Å². The fraction of sp³-hybridized carbons (Fsp3) is 0.533. The summed E-state index contributed by atoms with van der Waals surface area (Å²) in [5.74, 6) is 0.797. The Balaban J connectivity index is 1.87. The van der Waals surface area contributed by atoms with Gasteiger partial charge in [0.15, 0.2) is 0 Å². The van der Waals surface area contributed by atoms with E-state index in [0.29, 0.717) is 26.3 Å². The number of hydrogen-bond acceptors (Lipinski definition) is 4. The van der Waals surface area contributed by atoms with Crippen LogP contribution in [0, 0.1) is 0 Å². The van der Waals surface area contributed by atoms with Gasteiger partial charge in [-0.25, -0.2) is 0 Å². The first-order chi connectivity index (χ1) is 9.70. The molecule has 0 aromatic heterocycles. The van der Waals surface area contributed by atoms with Gasteiger partial charge < -0.3 is 20.1 Å². The van der Waals surface area contributed by atoms with Crippen LogP contribution < -0.4 is 15.4 Å². The fourth-order valence-corrected chi connectivity index (χ4v) is 2.24. The molecular weight excluding hydrogens is 256 g/mol. The van der Waals surface area contributed by atoms with Crippen molar-refractivity contribution < 1.29 is 14.3 Å². The molecule has 5 heteroatoms. The molecule has 1 aliphatic rings. The largest absolute Gasteiger partial charge is 0.494 e. The lowest BCUT2D eigenvalue weighted by Crippen LogP contribution is -2.55. The first kappa shape index (κ1) is 14.8. The summed E-state index contributed by atoms with van der Waals surface area (Å²) < 4.78 is 10.9. The predicted molar refractivity (Wildman–Crippen MR) is 76.7 cm³/mol. The molecule has 1 fully saturated rings. The maximum absolute atomic E-state index is 12.1. The van der Waals surface area contributed by atoms with Crippen molar-refractivity contribution in [2.45, 2.75) is 32.5 Å². The highest BCUT2D eigenvalue weighted by atomic mass is 16.5. The topological polar surface area (TPSA) is 59.6 Å². The highest BCUT2D eigenvalue weighted by Gasteiger charge is 2.27. The van der Waals surface area contributed by atoms with Crippen LogP contribution in [0.3, 0.4) is 0 Å². The van der Waals surface area contributed by atoms with Crippen molar-refractivity contribution in [3.63, 3.8) is 0 Å². The van der Waals surface area contributed by atoms with E-state index in [-0.39, 0.29) is 18.1 Å². The van der Waals surface area contributed by atoms with Crippen LogP contribution in [0.1, 0.15) is 19.4 Å². The molecule has 2 N–H and O–H groups in total. The fourth-order valence-electron chi connectivity index (χ4n) is 2.24. The van der Waals surface area contributed by atoms with E-state index in [1.165, 1.54) is 0 Å². The second kappa shape index (κ2) is 7.26. The van der Waals surface area contributed by atoms with Gasteiger partial charge in [-0.1, -0.05) is 12.1 Å². The molecule has 1 aromatic carbocycles. The average Bonchev–Trinajstić information content (AvgIpc) is 2.46. The summed E-state index contributed by atoms with van der Waals surface area (Å²) in [6, 6.07) is 7.47. The van der Waals surface area contributed by atoms with E-state index in [1.807, 2.05) is 38.1 Å². The maximum Gasteiger partial charge on any atom is 0.240 e. The van der Waals surface area contributed by atoms with Crippen molar-refractivity contribution in [1.82, 2.24) is 10.6 Å². The molecular formula is C15H22N2O3. The van der Waals surface area contributed by atoms with E-state index in [9.17, 15) is 4.79 Å². The molecule has 0 aliphatic carbocycles. The van der Waals surface area contributed by atoms with Crippen LogP contribution >= 0.6 is 0 Å². The van der Waals surface area contributed by atoms with Crippen LogP contribution in [-0.2, 0) is 16.1 Å². The van der Waals surface area contributed by atoms with E-state index in [1.54, 1.807) is 0 Å². The van der Waals surface area contributed by atoms with Gasteiger partial charge in [0.2, 0.25) is 5.91 Å². The van der Waals surface area contributed by atoms with E-state index in [0.717, 1.165) is 11.3 Å². The minimum absolute atomic E-state index is 0.0287. The molecule has 1 heterocycles. The Morgan fingerprint density at radius 2 is 2.40 bits per heavy atom. The maximum atomic E-state index is 12.1. The van der Waals surface area contributed by atoms with Gasteiger partial charge in [-0.3, -0.25) is 4.79 Å². The molecule has 110 valence electrons. The van der Waals surface area contributed by atoms with Gasteiger partial charge in [-0.2, -0.15) is 0 Å². The van der Waals surface area contributed by atoms with Crippen LogP contribution in [0.25, 0.3) is 0 Å². The highest BCUT2D eigenvalue weighted by molar-refractivity contribution is 5.82. The zero-order chi connectivity index (χ0) is 14.4. The molecule has 1 aliphatic heterocycles. The smallest absolute Gasteiger partial charge is 0.240 e. The summed E-state index contributed by atoms with van der Waals surface area (Å²) in [5, 5.41) is 6.11. The van der Waals surface area contributed by atoms with Crippen LogP contribution in [0.15, 0.2) is 24.3 Å². The lowest BCUT2D eigenvalue weighted by atomic mass is 10.1. The third-order valence-electron chi connectivity index (χ3n) is 3.28. The van der Waals surface area contributed by atoms with Crippen LogP contribution in [0.5, 0.6) is 5.75 Å². The van der Waals surface area contributed by atoms with Crippen molar-refractivity contribution in [1.29, 1.82) is 0 Å². The molecule has 1 aromatic rings. The van der Waals surface area contributed by atoms with Crippen LogP contribution in [0.4, 0.5) is 0 Å². The Morgan fingerprint density at radius 3 is 3.15 bits per heavy atom. The zero-order valence-corrected chi connectivity index (χ0v) is 12.0. The van der Waals surface area contributed by atoms with E-state index >= 15 is 0 Å². The number of carbonyl (C=O) groups is 1. The average molecular weight is 278 g/mol. The van der Waals surface area contributed by atoms with Crippen LogP contribution in [-0.4, -0.2) is 37.8 Å². The van der Waals surface area contributed by atoms with E-state index in [4.69, 9.17) is 9.47 Å². The molecule has 0 radical (unpaired) electrons. The van der Waals surface area contributed by atoms with Gasteiger partial charge in [-0.05, 0) is 31.5 Å². The number of nitrogens with one attached hydrogen (secondary N) is 2. The number of hydrogen-bond donors (Lipinski definition) is 2. The Kier molecular flexibility index (Phi) is 5.38. The van der Waals surface area contributed by atoms with Crippen molar-refractivity contribution in [3.8, 4) is 5.75 Å². The third-order valence-corrected chi connectivity index (χ3v) is 3.28. The van der Waals surface area contributed by atoms with Gasteiger partial charge in [0.1, 0.15) is 11.8 Å². The molecule has 0 spiro atoms. The number of morpholine rings is 1. The van der Waals surface area contributed by atoms with Crippen molar-refractivity contribution in [2.24, 2.45) is 0 Å². The molecule has 2 rings (SSSR count). The Morgan fingerprint density at radius 1 is 1.55 bits per heavy atom. The second-order valence-electron chi connectivity index (χ2n) is 4.81. The van der Waals surface area contributed by atoms with Gasteiger partial charge in [-0.15, -0.1) is 0 Å². The highest BCUT2D eigenvalue weighted by Crippen LogP contribution is 2.13. The van der Waals surface area contributed by atoms with E-state index < -0.39 is 0 Å². The second-order valence-corrected chi connectivity index (χ2v) is 4.81. The minimum Gasteiger partial charge on any atom is -0.494 e. The molecule has 2 atom stereocenters. The number of carbonyl (C=O) groups excluding carboxylic acids is 1. The molecule has 5 nitrogen and oxygen atoms in total. The monoisotopic (exact) mass is 278 g/mol. The normalized spacial score (nSPS) is 22.3. The summed E-state index contributed by atoms with van der Waals surface area (Å²) in [6.45, 7) is 6.35. The first-order valence-electron chi connectivity index (χ1n) is 7.05. The number of rotatable bonds is 5. The predicted octanol–water partition coefficient (Wildman–Crippen LogP) is 1.08. The Bertz CT molecular complexity index is 450. The SMILES string of the molecule is CCOc1cccc(CNC(=O)[C@H]2NCCO[C@@H]2C)c1. The van der Waals surface area contributed by atoms with Gasteiger partial charge in [0, 0.05) is 13.1 Å². The summed E-state index contributed by atoms with van der Waals surface area (Å²) in [5.41, 5.74) is 1.02. The van der Waals surface area contributed by atoms with E-state index in [2.05, 4.69) is 10.6 Å². The van der Waals surface area contributed by atoms with Crippen molar-refractivity contribution >= 4 is 5.91 Å².